The van der Waals surface area contributed by atoms with E-state index in [0.29, 0.717) is 30.2 Å². The molecule has 6 nitrogen and oxygen atoms in total. The zero-order chi connectivity index (χ0) is 15.7. The summed E-state index contributed by atoms with van der Waals surface area (Å²) in [6, 6.07) is 5.28. The molecule has 2 N–H and O–H groups in total. The minimum absolute atomic E-state index is 0. The molecule has 1 aliphatic heterocycles. The van der Waals surface area contributed by atoms with Gasteiger partial charge in [-0.1, -0.05) is 22.9 Å². The van der Waals surface area contributed by atoms with Crippen molar-refractivity contribution < 1.29 is 4.79 Å². The van der Waals surface area contributed by atoms with Crippen LogP contribution in [0.25, 0.3) is 10.2 Å². The number of benzene rings is 1. The average Bonchev–Trinajstić information content (AvgIpc) is 2.65. The van der Waals surface area contributed by atoms with E-state index in [2.05, 4.69) is 0 Å². The summed E-state index contributed by atoms with van der Waals surface area (Å²) < 4.78 is 2.34. The Hall–Kier alpha value is -1.12. The van der Waals surface area contributed by atoms with Gasteiger partial charge in [0.1, 0.15) is 6.54 Å². The predicted molar refractivity (Wildman–Crippen MR) is 95.3 cm³/mol. The van der Waals surface area contributed by atoms with Crippen LogP contribution in [0.15, 0.2) is 23.0 Å². The Morgan fingerprint density at radius 1 is 1.26 bits per heavy atom. The van der Waals surface area contributed by atoms with Gasteiger partial charge in [0.05, 0.1) is 10.2 Å². The predicted octanol–water partition coefficient (Wildman–Crippen LogP) is 1.55. The van der Waals surface area contributed by atoms with Gasteiger partial charge in [0.25, 0.3) is 0 Å². The number of hydrazine groups is 1. The van der Waals surface area contributed by atoms with Crippen molar-refractivity contribution in [2.75, 3.05) is 26.2 Å². The van der Waals surface area contributed by atoms with Crippen LogP contribution >= 0.6 is 35.3 Å². The Bertz CT molecular complexity index is 761. The molecular formula is C14H18Cl2N4O2S. The minimum Gasteiger partial charge on any atom is -0.340 e. The number of nitrogens with two attached hydrogens (primary N) is 1. The number of carbonyl (C=O) groups is 1. The van der Waals surface area contributed by atoms with Crippen LogP contribution in [0, 0.1) is 0 Å². The first-order valence-corrected chi connectivity index (χ1v) is 8.30. The van der Waals surface area contributed by atoms with E-state index < -0.39 is 0 Å². The zero-order valence-electron chi connectivity index (χ0n) is 12.4. The number of thiazole rings is 1. The highest BCUT2D eigenvalue weighted by atomic mass is 35.5. The number of rotatable bonds is 2. The van der Waals surface area contributed by atoms with Crippen LogP contribution < -0.4 is 10.7 Å². The Balaban J connectivity index is 0.00000192. The first kappa shape index (κ1) is 18.2. The Morgan fingerprint density at radius 3 is 2.83 bits per heavy atom. The van der Waals surface area contributed by atoms with Crippen LogP contribution in [0.4, 0.5) is 0 Å². The van der Waals surface area contributed by atoms with Crippen LogP contribution in [0.1, 0.15) is 6.42 Å². The zero-order valence-corrected chi connectivity index (χ0v) is 14.8. The van der Waals surface area contributed by atoms with Crippen molar-refractivity contribution in [3.05, 3.63) is 32.9 Å². The molecule has 0 aliphatic carbocycles. The maximum atomic E-state index is 12.5. The number of hydrogen-bond donors (Lipinski definition) is 1. The fourth-order valence-electron chi connectivity index (χ4n) is 2.61. The van der Waals surface area contributed by atoms with E-state index in [1.165, 1.54) is 4.57 Å². The second-order valence-electron chi connectivity index (χ2n) is 5.34. The van der Waals surface area contributed by atoms with Crippen molar-refractivity contribution in [2.24, 2.45) is 5.84 Å². The van der Waals surface area contributed by atoms with Gasteiger partial charge in [-0.15, -0.1) is 12.4 Å². The molecule has 1 aliphatic rings. The number of aromatic nitrogens is 1. The molecule has 2 heterocycles. The smallest absolute Gasteiger partial charge is 0.308 e. The maximum absolute atomic E-state index is 12.5. The van der Waals surface area contributed by atoms with Crippen LogP contribution in [0.3, 0.4) is 0 Å². The number of carbonyl (C=O) groups excluding carboxylic acids is 1. The summed E-state index contributed by atoms with van der Waals surface area (Å²) in [5, 5.41) is 2.28. The molecule has 1 aromatic carbocycles. The third-order valence-corrected chi connectivity index (χ3v) is 5.00. The van der Waals surface area contributed by atoms with E-state index in [1.54, 1.807) is 22.0 Å². The monoisotopic (exact) mass is 376 g/mol. The van der Waals surface area contributed by atoms with Gasteiger partial charge in [-0.25, -0.2) is 5.01 Å². The minimum atomic E-state index is -0.138. The highest BCUT2D eigenvalue weighted by molar-refractivity contribution is 7.16. The highest BCUT2D eigenvalue weighted by Gasteiger charge is 2.19. The summed E-state index contributed by atoms with van der Waals surface area (Å²) in [7, 11) is 0. The van der Waals surface area contributed by atoms with Gasteiger partial charge in [-0.05, 0) is 24.6 Å². The summed E-state index contributed by atoms with van der Waals surface area (Å²) in [5.74, 6) is 5.72. The summed E-state index contributed by atoms with van der Waals surface area (Å²) >= 11 is 7.13. The van der Waals surface area contributed by atoms with Gasteiger partial charge >= 0.3 is 4.87 Å². The number of nitrogens with zero attached hydrogens (tertiary/aromatic N) is 3. The quantitative estimate of drug-likeness (QED) is 0.807. The van der Waals surface area contributed by atoms with Gasteiger partial charge in [-0.3, -0.25) is 20.0 Å². The molecule has 0 spiro atoms. The number of hydrogen-bond acceptors (Lipinski definition) is 5. The van der Waals surface area contributed by atoms with E-state index >= 15 is 0 Å². The molecule has 0 bridgehead atoms. The molecule has 23 heavy (non-hydrogen) atoms. The first-order valence-electron chi connectivity index (χ1n) is 7.11. The Morgan fingerprint density at radius 2 is 2.04 bits per heavy atom. The lowest BCUT2D eigenvalue weighted by Gasteiger charge is -2.20. The molecule has 1 aromatic heterocycles. The normalized spacial score (nSPS) is 16.2. The van der Waals surface area contributed by atoms with E-state index in [1.807, 2.05) is 6.07 Å². The van der Waals surface area contributed by atoms with Crippen molar-refractivity contribution in [1.29, 1.82) is 0 Å². The Labute approximate surface area is 148 Å². The third kappa shape index (κ3) is 4.05. The highest BCUT2D eigenvalue weighted by Crippen LogP contribution is 2.21. The third-order valence-electron chi connectivity index (χ3n) is 3.81. The average molecular weight is 377 g/mol. The molecule has 1 amide bonds. The number of halogens is 2. The summed E-state index contributed by atoms with van der Waals surface area (Å²) in [6.45, 7) is 2.73. The number of amides is 1. The molecule has 126 valence electrons. The van der Waals surface area contributed by atoms with Gasteiger partial charge in [0.2, 0.25) is 5.91 Å². The second-order valence-corrected chi connectivity index (χ2v) is 6.77. The molecule has 0 unspecified atom stereocenters. The molecular weight excluding hydrogens is 359 g/mol. The van der Waals surface area contributed by atoms with Crippen molar-refractivity contribution >= 4 is 51.5 Å². The summed E-state index contributed by atoms with van der Waals surface area (Å²) in [4.78, 5) is 26.2. The molecule has 0 atom stereocenters. The second kappa shape index (κ2) is 7.63. The van der Waals surface area contributed by atoms with Crippen molar-refractivity contribution in [1.82, 2.24) is 14.5 Å². The molecule has 9 heteroatoms. The summed E-state index contributed by atoms with van der Waals surface area (Å²) in [5.41, 5.74) is 0.714. The molecule has 0 radical (unpaired) electrons. The largest absolute Gasteiger partial charge is 0.340 e. The maximum Gasteiger partial charge on any atom is 0.308 e. The topological polar surface area (TPSA) is 71.6 Å². The Kier molecular flexibility index (Phi) is 6.05. The lowest BCUT2D eigenvalue weighted by molar-refractivity contribution is -0.131. The summed E-state index contributed by atoms with van der Waals surface area (Å²) in [6.07, 6.45) is 0.841. The van der Waals surface area contributed by atoms with Crippen molar-refractivity contribution in [3.63, 3.8) is 0 Å². The van der Waals surface area contributed by atoms with Gasteiger partial charge in [0.15, 0.2) is 0 Å². The molecule has 3 rings (SSSR count). The van der Waals surface area contributed by atoms with Gasteiger partial charge in [-0.2, -0.15) is 0 Å². The van der Waals surface area contributed by atoms with Crippen LogP contribution in [0.2, 0.25) is 5.02 Å². The fraction of sp³-hybridized carbons (Fsp3) is 0.429. The van der Waals surface area contributed by atoms with Crippen LogP contribution in [-0.2, 0) is 11.3 Å². The standard InChI is InChI=1S/C14H17ClN4O2S.ClH/c15-10-2-3-12-11(8-10)19(14(21)22-12)9-13(20)17-4-1-5-18(16)7-6-17;/h2-3,8H,1,4-7,9,16H2;1H. The molecule has 0 saturated carbocycles. The van der Waals surface area contributed by atoms with Crippen LogP contribution in [0.5, 0.6) is 0 Å². The van der Waals surface area contributed by atoms with Crippen molar-refractivity contribution in [3.8, 4) is 0 Å². The molecule has 2 aromatic rings. The van der Waals surface area contributed by atoms with E-state index in [9.17, 15) is 9.59 Å². The fourth-order valence-corrected chi connectivity index (χ4v) is 3.64. The lowest BCUT2D eigenvalue weighted by atomic mass is 10.3. The van der Waals surface area contributed by atoms with E-state index in [0.717, 1.165) is 29.0 Å². The van der Waals surface area contributed by atoms with E-state index in [-0.39, 0.29) is 29.7 Å². The molecule has 1 fully saturated rings. The first-order chi connectivity index (χ1) is 10.5. The van der Waals surface area contributed by atoms with Gasteiger partial charge < -0.3 is 4.90 Å². The van der Waals surface area contributed by atoms with Gasteiger partial charge in [0, 0.05) is 31.2 Å². The number of fused-ring (bicyclic) bond motifs is 1. The van der Waals surface area contributed by atoms with E-state index in [4.69, 9.17) is 17.4 Å². The van der Waals surface area contributed by atoms with Crippen LogP contribution in [-0.4, -0.2) is 46.6 Å². The SMILES string of the molecule is Cl.NN1CCCN(C(=O)Cn2c(=O)sc3ccc(Cl)cc32)CC1. The van der Waals surface area contributed by atoms with Crippen molar-refractivity contribution in [2.45, 2.75) is 13.0 Å². The lowest BCUT2D eigenvalue weighted by Crippen LogP contribution is -2.39. The molecule has 1 saturated heterocycles.